The predicted octanol–water partition coefficient (Wildman–Crippen LogP) is 3.50. The molecule has 1 aromatic carbocycles. The molecular formula is C13H8ClF2N3. The van der Waals surface area contributed by atoms with Crippen LogP contribution in [0.5, 0.6) is 0 Å². The second-order valence-electron chi connectivity index (χ2n) is 3.76. The maximum absolute atomic E-state index is 13.6. The van der Waals surface area contributed by atoms with Crippen molar-refractivity contribution < 1.29 is 8.78 Å². The fourth-order valence-corrected chi connectivity index (χ4v) is 1.63. The van der Waals surface area contributed by atoms with E-state index in [0.717, 1.165) is 12.1 Å². The minimum atomic E-state index is -0.610. The van der Waals surface area contributed by atoms with Gasteiger partial charge in [-0.25, -0.2) is 13.8 Å². The van der Waals surface area contributed by atoms with E-state index in [9.17, 15) is 8.78 Å². The van der Waals surface area contributed by atoms with Crippen LogP contribution in [0.4, 0.5) is 14.6 Å². The van der Waals surface area contributed by atoms with Gasteiger partial charge in [0.1, 0.15) is 5.82 Å². The molecule has 0 saturated carbocycles. The number of halogens is 3. The zero-order valence-corrected chi connectivity index (χ0v) is 10.4. The highest BCUT2D eigenvalue weighted by Crippen LogP contribution is 2.17. The van der Waals surface area contributed by atoms with Crippen LogP contribution in [0, 0.1) is 23.0 Å². The molecule has 6 heteroatoms. The van der Waals surface area contributed by atoms with Crippen LogP contribution in [-0.2, 0) is 6.54 Å². The van der Waals surface area contributed by atoms with Gasteiger partial charge in [0.05, 0.1) is 16.7 Å². The molecule has 3 nitrogen and oxygen atoms in total. The number of hydrogen-bond acceptors (Lipinski definition) is 3. The monoisotopic (exact) mass is 279 g/mol. The maximum Gasteiger partial charge on any atom is 0.166 e. The van der Waals surface area contributed by atoms with Crippen molar-refractivity contribution in [3.8, 4) is 6.07 Å². The first-order valence-electron chi connectivity index (χ1n) is 5.33. The topological polar surface area (TPSA) is 48.7 Å². The van der Waals surface area contributed by atoms with E-state index in [2.05, 4.69) is 10.3 Å². The second-order valence-corrected chi connectivity index (χ2v) is 4.19. The summed E-state index contributed by atoms with van der Waals surface area (Å²) in [5.74, 6) is -1.14. The van der Waals surface area contributed by atoms with Crippen molar-refractivity contribution in [2.24, 2.45) is 0 Å². The van der Waals surface area contributed by atoms with Crippen LogP contribution in [0.2, 0.25) is 5.02 Å². The van der Waals surface area contributed by atoms with E-state index in [1.165, 1.54) is 18.3 Å². The fourth-order valence-electron chi connectivity index (χ4n) is 1.48. The molecular weight excluding hydrogens is 272 g/mol. The molecule has 2 aromatic rings. The number of nitrogens with one attached hydrogen (secondary N) is 1. The molecule has 0 fully saturated rings. The first-order chi connectivity index (χ1) is 9.10. The second kappa shape index (κ2) is 5.63. The number of aromatic nitrogens is 1. The molecule has 0 aliphatic carbocycles. The van der Waals surface area contributed by atoms with Gasteiger partial charge in [-0.3, -0.25) is 0 Å². The van der Waals surface area contributed by atoms with Crippen molar-refractivity contribution in [2.45, 2.75) is 6.54 Å². The van der Waals surface area contributed by atoms with Crippen LogP contribution in [0.1, 0.15) is 11.1 Å². The lowest BCUT2D eigenvalue weighted by Crippen LogP contribution is -2.05. The van der Waals surface area contributed by atoms with E-state index in [1.54, 1.807) is 0 Å². The van der Waals surface area contributed by atoms with E-state index in [4.69, 9.17) is 16.9 Å². The Morgan fingerprint density at radius 1 is 1.26 bits per heavy atom. The molecule has 0 amide bonds. The largest absolute Gasteiger partial charge is 0.363 e. The lowest BCUT2D eigenvalue weighted by atomic mass is 10.1. The van der Waals surface area contributed by atoms with E-state index in [0.29, 0.717) is 5.56 Å². The Morgan fingerprint density at radius 3 is 2.68 bits per heavy atom. The Hall–Kier alpha value is -2.19. The van der Waals surface area contributed by atoms with Crippen molar-refractivity contribution in [2.75, 3.05) is 5.32 Å². The molecule has 0 spiro atoms. The molecule has 96 valence electrons. The quantitative estimate of drug-likeness (QED) is 0.935. The number of nitrogens with zero attached hydrogens (tertiary/aromatic N) is 2. The van der Waals surface area contributed by atoms with Crippen LogP contribution in [-0.4, -0.2) is 4.98 Å². The van der Waals surface area contributed by atoms with Crippen LogP contribution < -0.4 is 5.32 Å². The number of nitriles is 1. The first-order valence-corrected chi connectivity index (χ1v) is 5.71. The summed E-state index contributed by atoms with van der Waals surface area (Å²) >= 11 is 5.57. The van der Waals surface area contributed by atoms with E-state index >= 15 is 0 Å². The van der Waals surface area contributed by atoms with Crippen molar-refractivity contribution >= 4 is 17.4 Å². The van der Waals surface area contributed by atoms with Gasteiger partial charge in [-0.15, -0.1) is 0 Å². The number of pyridine rings is 1. The third kappa shape index (κ3) is 3.18. The lowest BCUT2D eigenvalue weighted by molar-refractivity contribution is 0.608. The predicted molar refractivity (Wildman–Crippen MR) is 67.6 cm³/mol. The molecule has 0 bridgehead atoms. The number of anilines is 1. The first kappa shape index (κ1) is 13.2. The maximum atomic E-state index is 13.6. The van der Waals surface area contributed by atoms with Crippen molar-refractivity contribution in [3.05, 3.63) is 58.2 Å². The van der Waals surface area contributed by atoms with Gasteiger partial charge in [-0.05, 0) is 18.2 Å². The van der Waals surface area contributed by atoms with Crippen LogP contribution >= 0.6 is 11.6 Å². The molecule has 1 aromatic heterocycles. The average molecular weight is 280 g/mol. The third-order valence-electron chi connectivity index (χ3n) is 2.44. The van der Waals surface area contributed by atoms with Crippen molar-refractivity contribution in [3.63, 3.8) is 0 Å². The SMILES string of the molecule is N#Cc1ccc(CNc2ncc(Cl)cc2F)c(F)c1. The zero-order valence-electron chi connectivity index (χ0n) is 9.62. The van der Waals surface area contributed by atoms with Crippen LogP contribution in [0.3, 0.4) is 0 Å². The Morgan fingerprint density at radius 2 is 2.05 bits per heavy atom. The summed E-state index contributed by atoms with van der Waals surface area (Å²) in [4.78, 5) is 3.76. The highest BCUT2D eigenvalue weighted by atomic mass is 35.5. The van der Waals surface area contributed by atoms with Gasteiger partial charge in [0.25, 0.3) is 0 Å². The number of benzene rings is 1. The molecule has 1 heterocycles. The summed E-state index contributed by atoms with van der Waals surface area (Å²) in [6, 6.07) is 7.04. The smallest absolute Gasteiger partial charge is 0.166 e. The molecule has 0 unspecified atom stereocenters. The van der Waals surface area contributed by atoms with Gasteiger partial charge in [0, 0.05) is 18.3 Å². The Bertz CT molecular complexity index is 653. The summed E-state index contributed by atoms with van der Waals surface area (Å²) in [5.41, 5.74) is 0.548. The molecule has 0 atom stereocenters. The Kier molecular flexibility index (Phi) is 3.93. The molecule has 0 aliphatic heterocycles. The minimum Gasteiger partial charge on any atom is -0.363 e. The van der Waals surface area contributed by atoms with Crippen LogP contribution in [0.25, 0.3) is 0 Å². The molecule has 0 aliphatic rings. The summed E-state index contributed by atoms with van der Waals surface area (Å²) in [6.07, 6.45) is 1.29. The van der Waals surface area contributed by atoms with Gasteiger partial charge < -0.3 is 5.32 Å². The number of hydrogen-bond donors (Lipinski definition) is 1. The molecule has 2 rings (SSSR count). The van der Waals surface area contributed by atoms with E-state index in [1.807, 2.05) is 6.07 Å². The van der Waals surface area contributed by atoms with Gasteiger partial charge >= 0.3 is 0 Å². The molecule has 19 heavy (non-hydrogen) atoms. The van der Waals surface area contributed by atoms with E-state index < -0.39 is 11.6 Å². The summed E-state index contributed by atoms with van der Waals surface area (Å²) in [7, 11) is 0. The fraction of sp³-hybridized carbons (Fsp3) is 0.0769. The normalized spacial score (nSPS) is 10.0. The number of rotatable bonds is 3. The van der Waals surface area contributed by atoms with Gasteiger partial charge in [0.15, 0.2) is 11.6 Å². The Labute approximate surface area is 113 Å². The third-order valence-corrected chi connectivity index (χ3v) is 2.64. The minimum absolute atomic E-state index is 0.00633. The van der Waals surface area contributed by atoms with Gasteiger partial charge in [-0.2, -0.15) is 5.26 Å². The molecule has 0 radical (unpaired) electrons. The lowest BCUT2D eigenvalue weighted by Gasteiger charge is -2.07. The van der Waals surface area contributed by atoms with Crippen molar-refractivity contribution in [1.82, 2.24) is 4.98 Å². The molecule has 0 saturated heterocycles. The Balaban J connectivity index is 2.13. The van der Waals surface area contributed by atoms with Gasteiger partial charge in [-0.1, -0.05) is 17.7 Å². The van der Waals surface area contributed by atoms with Gasteiger partial charge in [0.2, 0.25) is 0 Å². The standard InChI is InChI=1S/C13H8ClF2N3/c14-10-4-12(16)13(19-7-10)18-6-9-2-1-8(5-17)3-11(9)15/h1-4,7H,6H2,(H,18,19). The van der Waals surface area contributed by atoms with Crippen LogP contribution in [0.15, 0.2) is 30.5 Å². The highest BCUT2D eigenvalue weighted by Gasteiger charge is 2.07. The summed E-state index contributed by atoms with van der Waals surface area (Å²) < 4.78 is 27.0. The van der Waals surface area contributed by atoms with Crippen molar-refractivity contribution in [1.29, 1.82) is 5.26 Å². The summed E-state index contributed by atoms with van der Waals surface area (Å²) in [5, 5.41) is 11.5. The highest BCUT2D eigenvalue weighted by molar-refractivity contribution is 6.30. The average Bonchev–Trinajstić information content (AvgIpc) is 2.39. The summed E-state index contributed by atoms with van der Waals surface area (Å²) in [6.45, 7) is 0.0586. The molecule has 1 N–H and O–H groups in total. The van der Waals surface area contributed by atoms with E-state index in [-0.39, 0.29) is 22.9 Å². The zero-order chi connectivity index (χ0) is 13.8.